The Morgan fingerprint density at radius 2 is 1.97 bits per heavy atom. The quantitative estimate of drug-likeness (QED) is 0.303. The Kier molecular flexibility index (Phi) is 8.06. The number of benzene rings is 1. The molecule has 0 radical (unpaired) electrons. The third-order valence-corrected chi connectivity index (χ3v) is 7.43. The number of aliphatic carboxylic acids is 1. The lowest BCUT2D eigenvalue weighted by Crippen LogP contribution is -2.42. The Bertz CT molecular complexity index is 1520. The minimum Gasteiger partial charge on any atom is -0.481 e. The van der Waals surface area contributed by atoms with E-state index in [1.165, 1.54) is 35.3 Å². The van der Waals surface area contributed by atoms with E-state index in [1.807, 2.05) is 38.1 Å². The van der Waals surface area contributed by atoms with Crippen molar-refractivity contribution in [1.82, 2.24) is 14.1 Å². The monoisotopic (exact) mass is 527 g/mol. The Morgan fingerprint density at radius 3 is 2.62 bits per heavy atom. The predicted molar refractivity (Wildman–Crippen MR) is 139 cm³/mol. The molecule has 37 heavy (non-hydrogen) atoms. The first kappa shape index (κ1) is 26.5. The van der Waals surface area contributed by atoms with E-state index in [9.17, 15) is 24.6 Å². The van der Waals surface area contributed by atoms with Crippen molar-refractivity contribution in [2.24, 2.45) is 5.92 Å². The van der Waals surface area contributed by atoms with E-state index in [1.54, 1.807) is 0 Å². The van der Waals surface area contributed by atoms with Crippen LogP contribution in [0.3, 0.4) is 0 Å². The highest BCUT2D eigenvalue weighted by molar-refractivity contribution is 7.19. The summed E-state index contributed by atoms with van der Waals surface area (Å²) in [7, 11) is 0. The molecule has 0 bridgehead atoms. The lowest BCUT2D eigenvalue weighted by molar-refractivity contribution is -0.141. The van der Waals surface area contributed by atoms with Gasteiger partial charge >= 0.3 is 11.7 Å². The maximum absolute atomic E-state index is 13.8. The van der Waals surface area contributed by atoms with Crippen LogP contribution in [0.25, 0.3) is 21.7 Å². The van der Waals surface area contributed by atoms with Crippen LogP contribution in [0.4, 0.5) is 0 Å². The van der Waals surface area contributed by atoms with Crippen LogP contribution in [0.1, 0.15) is 36.0 Å². The van der Waals surface area contributed by atoms with Crippen LogP contribution in [0.5, 0.6) is 0 Å². The summed E-state index contributed by atoms with van der Waals surface area (Å²) in [6, 6.07) is 7.71. The first-order valence-electron chi connectivity index (χ1n) is 12.0. The van der Waals surface area contributed by atoms with Crippen LogP contribution in [-0.4, -0.2) is 43.5 Å². The number of carboxylic acids is 1. The predicted octanol–water partition coefficient (Wildman–Crippen LogP) is 3.22. The SMILES string of the molecule is CCc1ccccc1[C@H](Cn1c(=O)n(CC(C)C(=O)O)c(=O)c2c(-c3ncco3)c(C)sc21)OCCO. The van der Waals surface area contributed by atoms with Crippen LogP contribution >= 0.6 is 11.3 Å². The van der Waals surface area contributed by atoms with Crippen molar-refractivity contribution < 1.29 is 24.2 Å². The van der Waals surface area contributed by atoms with Gasteiger partial charge in [-0.2, -0.15) is 0 Å². The number of fused-ring (bicyclic) bond motifs is 1. The number of carboxylic acid groups (broad SMARTS) is 1. The number of aromatic nitrogens is 3. The molecule has 0 fully saturated rings. The maximum Gasteiger partial charge on any atom is 0.332 e. The molecule has 1 unspecified atom stereocenters. The number of rotatable bonds is 11. The van der Waals surface area contributed by atoms with E-state index >= 15 is 0 Å². The summed E-state index contributed by atoms with van der Waals surface area (Å²) < 4.78 is 13.9. The molecule has 4 rings (SSSR count). The van der Waals surface area contributed by atoms with E-state index in [2.05, 4.69) is 4.98 Å². The van der Waals surface area contributed by atoms with Gasteiger partial charge in [0.2, 0.25) is 5.89 Å². The van der Waals surface area contributed by atoms with Crippen LogP contribution < -0.4 is 11.2 Å². The lowest BCUT2D eigenvalue weighted by Gasteiger charge is -2.23. The van der Waals surface area contributed by atoms with Crippen LogP contribution in [-0.2, 0) is 29.0 Å². The number of thiophene rings is 1. The molecule has 11 heteroatoms. The molecule has 0 aliphatic carbocycles. The third kappa shape index (κ3) is 5.15. The summed E-state index contributed by atoms with van der Waals surface area (Å²) in [6.07, 6.45) is 3.01. The number of aryl methyl sites for hydroxylation is 2. The highest BCUT2D eigenvalue weighted by Crippen LogP contribution is 2.36. The lowest BCUT2D eigenvalue weighted by atomic mass is 10.00. The molecule has 196 valence electrons. The van der Waals surface area contributed by atoms with E-state index in [0.717, 1.165) is 27.0 Å². The zero-order valence-electron chi connectivity index (χ0n) is 20.8. The number of ether oxygens (including phenoxy) is 1. The van der Waals surface area contributed by atoms with Crippen molar-refractivity contribution in [3.8, 4) is 11.5 Å². The normalized spacial score (nSPS) is 13.2. The number of hydrogen-bond acceptors (Lipinski definition) is 8. The fraction of sp³-hybridized carbons (Fsp3) is 0.385. The van der Waals surface area contributed by atoms with Gasteiger partial charge in [0.25, 0.3) is 5.56 Å². The molecule has 0 aliphatic rings. The fourth-order valence-electron chi connectivity index (χ4n) is 4.42. The summed E-state index contributed by atoms with van der Waals surface area (Å²) in [5, 5.41) is 19.2. The molecule has 3 aromatic heterocycles. The van der Waals surface area contributed by atoms with Gasteiger partial charge in [-0.3, -0.25) is 18.7 Å². The number of hydrogen-bond donors (Lipinski definition) is 2. The second-order valence-corrected chi connectivity index (χ2v) is 9.94. The van der Waals surface area contributed by atoms with Gasteiger partial charge < -0.3 is 19.4 Å². The average Bonchev–Trinajstić information content (AvgIpc) is 3.53. The first-order valence-corrected chi connectivity index (χ1v) is 12.8. The molecular formula is C26H29N3O7S. The Hall–Kier alpha value is -3.54. The van der Waals surface area contributed by atoms with Crippen molar-refractivity contribution in [2.45, 2.75) is 46.4 Å². The minimum absolute atomic E-state index is 0.0546. The maximum atomic E-state index is 13.8. The molecule has 0 saturated carbocycles. The number of carbonyl (C=O) groups is 1. The first-order chi connectivity index (χ1) is 17.8. The number of oxazole rings is 1. The van der Waals surface area contributed by atoms with E-state index < -0.39 is 29.2 Å². The summed E-state index contributed by atoms with van der Waals surface area (Å²) in [6.45, 7) is 4.90. The van der Waals surface area contributed by atoms with Crippen molar-refractivity contribution in [3.05, 3.63) is 73.6 Å². The van der Waals surface area contributed by atoms with Crippen molar-refractivity contribution >= 4 is 27.5 Å². The summed E-state index contributed by atoms with van der Waals surface area (Å²) in [4.78, 5) is 44.4. The molecule has 10 nitrogen and oxygen atoms in total. The van der Waals surface area contributed by atoms with Gasteiger partial charge in [-0.1, -0.05) is 38.1 Å². The largest absolute Gasteiger partial charge is 0.481 e. The van der Waals surface area contributed by atoms with Crippen molar-refractivity contribution in [3.63, 3.8) is 0 Å². The highest BCUT2D eigenvalue weighted by Gasteiger charge is 2.27. The molecular weight excluding hydrogens is 498 g/mol. The van der Waals surface area contributed by atoms with E-state index in [-0.39, 0.29) is 37.6 Å². The minimum atomic E-state index is -1.12. The van der Waals surface area contributed by atoms with Gasteiger partial charge in [0.05, 0.1) is 42.8 Å². The molecule has 0 saturated heterocycles. The topological polar surface area (TPSA) is 137 Å². The molecule has 2 atom stereocenters. The van der Waals surface area contributed by atoms with Gasteiger partial charge in [-0.15, -0.1) is 11.3 Å². The van der Waals surface area contributed by atoms with Gasteiger partial charge in [0, 0.05) is 11.4 Å². The summed E-state index contributed by atoms with van der Waals surface area (Å²) in [5.41, 5.74) is 1.16. The van der Waals surface area contributed by atoms with E-state index in [4.69, 9.17) is 9.15 Å². The van der Waals surface area contributed by atoms with Gasteiger partial charge in [0.1, 0.15) is 17.2 Å². The summed E-state index contributed by atoms with van der Waals surface area (Å²) in [5.74, 6) is -1.84. The average molecular weight is 528 g/mol. The fourth-order valence-corrected chi connectivity index (χ4v) is 5.56. The third-order valence-electron chi connectivity index (χ3n) is 6.30. The second kappa shape index (κ2) is 11.2. The molecule has 3 heterocycles. The number of aliphatic hydroxyl groups is 1. The van der Waals surface area contributed by atoms with Gasteiger partial charge in [-0.05, 0) is 24.5 Å². The van der Waals surface area contributed by atoms with Crippen LogP contribution in [0.15, 0.2) is 50.7 Å². The molecule has 2 N–H and O–H groups in total. The number of aliphatic hydroxyl groups excluding tert-OH is 1. The molecule has 0 aliphatic heterocycles. The van der Waals surface area contributed by atoms with Crippen LogP contribution in [0, 0.1) is 12.8 Å². The van der Waals surface area contributed by atoms with Crippen molar-refractivity contribution in [2.75, 3.05) is 13.2 Å². The standard InChI is InChI=1S/C26H29N3O7S/c1-4-17-7-5-6-8-18(17)19(35-12-10-30)14-29-24-21(20(16(3)37-24)22-27-9-11-36-22)23(31)28(26(29)34)13-15(2)25(32)33/h5-9,11,15,19,30H,4,10,12-14H2,1-3H3,(H,32,33)/t15?,19-/m0/s1. The molecule has 4 aromatic rings. The molecule has 0 spiro atoms. The van der Waals surface area contributed by atoms with Crippen molar-refractivity contribution in [1.29, 1.82) is 0 Å². The number of nitrogens with zero attached hydrogens (tertiary/aromatic N) is 3. The highest BCUT2D eigenvalue weighted by atomic mass is 32.1. The van der Waals surface area contributed by atoms with E-state index in [0.29, 0.717) is 10.4 Å². The van der Waals surface area contributed by atoms with Gasteiger partial charge in [0.15, 0.2) is 0 Å². The smallest absolute Gasteiger partial charge is 0.332 e. The molecule has 0 amide bonds. The Morgan fingerprint density at radius 1 is 1.22 bits per heavy atom. The zero-order chi connectivity index (χ0) is 26.7. The summed E-state index contributed by atoms with van der Waals surface area (Å²) >= 11 is 1.27. The van der Waals surface area contributed by atoms with Gasteiger partial charge in [-0.25, -0.2) is 9.78 Å². The Balaban J connectivity index is 1.98. The molecule has 1 aromatic carbocycles. The zero-order valence-corrected chi connectivity index (χ0v) is 21.7. The second-order valence-electron chi connectivity index (χ2n) is 8.73. The van der Waals surface area contributed by atoms with Crippen LogP contribution in [0.2, 0.25) is 0 Å². The Labute approximate surface area is 216 Å².